The first-order chi connectivity index (χ1) is 12.4. The predicted octanol–water partition coefficient (Wildman–Crippen LogP) is 1.30. The Morgan fingerprint density at radius 3 is 2.33 bits per heavy atom. The fourth-order valence-corrected chi connectivity index (χ4v) is 6.21. The predicted molar refractivity (Wildman–Crippen MR) is 106 cm³/mol. The van der Waals surface area contributed by atoms with Crippen LogP contribution in [0.4, 0.5) is 0 Å². The maximum atomic E-state index is 12.7. The average Bonchev–Trinajstić information content (AvgIpc) is 2.88. The van der Waals surface area contributed by atoms with Crippen molar-refractivity contribution >= 4 is 38.3 Å². The number of carboxylic acids is 1. The summed E-state index contributed by atoms with van der Waals surface area (Å²) in [6.45, 7) is 1.88. The molecule has 0 aliphatic rings. The van der Waals surface area contributed by atoms with E-state index in [1.54, 1.807) is 6.92 Å². The summed E-state index contributed by atoms with van der Waals surface area (Å²) in [7, 11) is -4.90. The number of carbonyl (C=O) groups excluding carboxylic acids is 2. The second-order valence-electron chi connectivity index (χ2n) is 6.92. The Morgan fingerprint density at radius 1 is 1.22 bits per heavy atom. The molecular weight excluding hydrogens is 394 g/mol. The van der Waals surface area contributed by atoms with Gasteiger partial charge in [0, 0.05) is 12.6 Å². The Morgan fingerprint density at radius 2 is 1.85 bits per heavy atom. The molecule has 0 saturated carbocycles. The normalized spacial score (nSPS) is 12.6. The van der Waals surface area contributed by atoms with Gasteiger partial charge in [-0.05, 0) is 49.0 Å². The van der Waals surface area contributed by atoms with E-state index in [0.717, 1.165) is 3.97 Å². The van der Waals surface area contributed by atoms with Crippen LogP contribution in [0.1, 0.15) is 35.0 Å². The van der Waals surface area contributed by atoms with Crippen molar-refractivity contribution < 1.29 is 32.6 Å². The van der Waals surface area contributed by atoms with E-state index in [9.17, 15) is 22.8 Å². The number of aliphatic carboxylic acids is 1. The summed E-state index contributed by atoms with van der Waals surface area (Å²) < 4.78 is 31.2. The van der Waals surface area contributed by atoms with Crippen LogP contribution < -0.4 is 0 Å². The average molecular weight is 422 g/mol. The van der Waals surface area contributed by atoms with Gasteiger partial charge in [-0.25, -0.2) is 22.4 Å². The van der Waals surface area contributed by atoms with Crippen LogP contribution in [0.15, 0.2) is 6.20 Å². The van der Waals surface area contributed by atoms with E-state index in [2.05, 4.69) is 0 Å². The number of hydrogen-bond acceptors (Lipinski definition) is 6. The first kappa shape index (κ1) is 23.2. The largest absolute Gasteiger partial charge is 0.481 e. The van der Waals surface area contributed by atoms with Gasteiger partial charge in [-0.1, -0.05) is 0 Å². The highest BCUT2D eigenvalue weighted by Crippen LogP contribution is 2.34. The number of ether oxygens (including phenoxy) is 1. The number of rotatable bonds is 11. The van der Waals surface area contributed by atoms with Crippen LogP contribution in [0.2, 0.25) is 0 Å². The van der Waals surface area contributed by atoms with E-state index in [1.807, 2.05) is 18.8 Å². The van der Waals surface area contributed by atoms with E-state index in [4.69, 9.17) is 9.84 Å². The van der Waals surface area contributed by atoms with Crippen LogP contribution in [0.3, 0.4) is 0 Å². The minimum absolute atomic E-state index is 0.0328. The lowest BCUT2D eigenvalue weighted by molar-refractivity contribution is -0.143. The first-order valence-electron chi connectivity index (χ1n) is 8.36. The fraction of sp³-hybridized carbons (Fsp3) is 0.588. The van der Waals surface area contributed by atoms with E-state index in [1.165, 1.54) is 6.20 Å². The van der Waals surface area contributed by atoms with Crippen molar-refractivity contribution in [2.45, 2.75) is 26.2 Å². The molecule has 0 radical (unpaired) electrons. The molecule has 1 aromatic rings. The third-order valence-corrected chi connectivity index (χ3v) is 7.11. The molecule has 1 rings (SSSR count). The molecule has 0 aromatic carbocycles. The summed E-state index contributed by atoms with van der Waals surface area (Å²) in [6, 6.07) is 0. The quantitative estimate of drug-likeness (QED) is 0.422. The molecule has 0 bridgehead atoms. The summed E-state index contributed by atoms with van der Waals surface area (Å²) >= 11 is 0. The molecule has 154 valence electrons. The lowest BCUT2D eigenvalue weighted by Crippen LogP contribution is -2.22. The first-order valence-corrected chi connectivity index (χ1v) is 13.0. The number of carboxylic acid groups (broad SMARTS) is 1. The van der Waals surface area contributed by atoms with E-state index in [-0.39, 0.29) is 36.5 Å². The van der Waals surface area contributed by atoms with Gasteiger partial charge in [0.25, 0.3) is 0 Å². The number of aromatic nitrogens is 1. The van der Waals surface area contributed by atoms with Gasteiger partial charge in [0.1, 0.15) is 5.69 Å². The Labute approximate surface area is 161 Å². The van der Waals surface area contributed by atoms with Crippen LogP contribution in [0, 0.1) is 0 Å². The highest BCUT2D eigenvalue weighted by atomic mass is 32.3. The van der Waals surface area contributed by atoms with E-state index in [0.29, 0.717) is 17.6 Å². The molecule has 0 aliphatic heterocycles. The molecule has 27 heavy (non-hydrogen) atoms. The Hall–Kier alpha value is -1.81. The molecule has 10 heteroatoms. The number of aldehydes is 1. The molecule has 0 aliphatic carbocycles. The molecule has 8 nitrogen and oxygen atoms in total. The highest BCUT2D eigenvalue weighted by Gasteiger charge is 2.25. The van der Waals surface area contributed by atoms with Gasteiger partial charge < -0.3 is 9.84 Å². The molecule has 0 atom stereocenters. The maximum absolute atomic E-state index is 12.7. The summed E-state index contributed by atoms with van der Waals surface area (Å²) in [4.78, 5) is 34.3. The molecule has 0 spiro atoms. The van der Waals surface area contributed by atoms with Crippen LogP contribution in [0.5, 0.6) is 0 Å². The molecular formula is C17H27NO7S2. The van der Waals surface area contributed by atoms with Crippen LogP contribution in [0.25, 0.3) is 0 Å². The zero-order valence-corrected chi connectivity index (χ0v) is 17.7. The maximum Gasteiger partial charge on any atom is 0.307 e. The van der Waals surface area contributed by atoms with Crippen molar-refractivity contribution in [3.05, 3.63) is 23.0 Å². The molecule has 0 saturated heterocycles. The number of hydrogen-bond donors (Lipinski definition) is 1. The monoisotopic (exact) mass is 421 g/mol. The Bertz CT molecular complexity index is 804. The minimum atomic E-state index is -3.83. The van der Waals surface area contributed by atoms with Gasteiger partial charge in [0.05, 0.1) is 18.8 Å². The van der Waals surface area contributed by atoms with Crippen molar-refractivity contribution in [2.24, 2.45) is 0 Å². The topological polar surface area (TPSA) is 120 Å². The summed E-state index contributed by atoms with van der Waals surface area (Å²) in [5.74, 6) is -1.35. The van der Waals surface area contributed by atoms with Crippen LogP contribution >= 0.6 is 10.0 Å². The smallest absolute Gasteiger partial charge is 0.307 e. The van der Waals surface area contributed by atoms with Gasteiger partial charge in [-0.2, -0.15) is 0 Å². The van der Waals surface area contributed by atoms with Gasteiger partial charge >= 0.3 is 11.9 Å². The molecule has 0 amide bonds. The van der Waals surface area contributed by atoms with Crippen molar-refractivity contribution in [3.8, 4) is 0 Å². The number of aryl methyl sites for hydroxylation is 1. The molecule has 0 unspecified atom stereocenters. The number of carbonyl (C=O) groups is 3. The second kappa shape index (κ2) is 9.41. The summed E-state index contributed by atoms with van der Waals surface area (Å²) in [5.41, 5.74) is 0.271. The van der Waals surface area contributed by atoms with Crippen LogP contribution in [-0.2, 0) is 37.2 Å². The molecule has 0 fully saturated rings. The van der Waals surface area contributed by atoms with E-state index >= 15 is 0 Å². The van der Waals surface area contributed by atoms with Crippen molar-refractivity contribution in [2.75, 3.05) is 36.9 Å². The van der Waals surface area contributed by atoms with Crippen molar-refractivity contribution in [1.82, 2.24) is 3.97 Å². The molecule has 1 N–H and O–H groups in total. The van der Waals surface area contributed by atoms with Gasteiger partial charge in [0.15, 0.2) is 6.29 Å². The SMILES string of the molecule is CCOC(=O)CCc1cn(S(=O)(=O)CCS(C)(C)C)c(C=O)c1CC(=O)O. The number of esters is 1. The molecule has 1 heterocycles. The molecule has 1 aromatic heterocycles. The van der Waals surface area contributed by atoms with Gasteiger partial charge in [0.2, 0.25) is 10.0 Å². The lowest BCUT2D eigenvalue weighted by atomic mass is 10.0. The Balaban J connectivity index is 3.29. The van der Waals surface area contributed by atoms with E-state index < -0.39 is 38.4 Å². The highest BCUT2D eigenvalue weighted by molar-refractivity contribution is 8.32. The Kier molecular flexibility index (Phi) is 8.09. The fourth-order valence-electron chi connectivity index (χ4n) is 2.43. The lowest BCUT2D eigenvalue weighted by Gasteiger charge is -2.24. The standard InChI is InChI=1S/C17H27NO7S2/c1-5-25-17(22)7-6-13-11-18(15(12-19)14(13)10-16(20)21)27(23,24)9-8-26(2,3)4/h11-12H,5-10H2,1-4H3,(H,20,21). The summed E-state index contributed by atoms with van der Waals surface area (Å²) in [6.07, 6.45) is 7.13. The van der Waals surface area contributed by atoms with Crippen molar-refractivity contribution in [3.63, 3.8) is 0 Å². The zero-order valence-electron chi connectivity index (χ0n) is 16.1. The minimum Gasteiger partial charge on any atom is -0.481 e. The van der Waals surface area contributed by atoms with Gasteiger partial charge in [-0.15, -0.1) is 0 Å². The second-order valence-corrected chi connectivity index (χ2v) is 13.5. The third-order valence-electron chi connectivity index (χ3n) is 3.80. The zero-order chi connectivity index (χ0) is 20.8. The van der Waals surface area contributed by atoms with Gasteiger partial charge in [-0.3, -0.25) is 14.4 Å². The van der Waals surface area contributed by atoms with Crippen molar-refractivity contribution in [1.29, 1.82) is 0 Å². The van der Waals surface area contributed by atoms with Crippen LogP contribution in [-0.4, -0.2) is 72.6 Å². The number of nitrogens with zero attached hydrogens (tertiary/aromatic N) is 1. The third kappa shape index (κ3) is 7.02. The summed E-state index contributed by atoms with van der Waals surface area (Å²) in [5, 5.41) is 9.13.